The number of carbonyl (C=O) groups is 3. The number of hydrogen-bond donors (Lipinski definition) is 0. The van der Waals surface area contributed by atoms with Gasteiger partial charge in [-0.1, -0.05) is 220 Å². The lowest BCUT2D eigenvalue weighted by molar-refractivity contribution is -0.167. The monoisotopic (exact) mass is 915 g/mol. The zero-order valence-electron chi connectivity index (χ0n) is 42.7. The van der Waals surface area contributed by atoms with Gasteiger partial charge >= 0.3 is 17.9 Å². The lowest BCUT2D eigenvalue weighted by Gasteiger charge is -2.18. The van der Waals surface area contributed by atoms with Crippen LogP contribution in [0.15, 0.2) is 109 Å². The molecule has 0 aliphatic heterocycles. The van der Waals surface area contributed by atoms with Gasteiger partial charge in [0.1, 0.15) is 13.2 Å². The smallest absolute Gasteiger partial charge is 0.306 e. The highest BCUT2D eigenvalue weighted by atomic mass is 16.6. The van der Waals surface area contributed by atoms with Crippen LogP contribution in [0.2, 0.25) is 0 Å². The molecule has 0 aromatic rings. The summed E-state index contributed by atoms with van der Waals surface area (Å²) in [6, 6.07) is 0. The first-order valence-electron chi connectivity index (χ1n) is 26.9. The molecule has 0 fully saturated rings. The van der Waals surface area contributed by atoms with Crippen LogP contribution in [0.5, 0.6) is 0 Å². The molecule has 374 valence electrons. The average Bonchev–Trinajstić information content (AvgIpc) is 3.31. The topological polar surface area (TPSA) is 78.9 Å². The van der Waals surface area contributed by atoms with Gasteiger partial charge in [0.05, 0.1) is 0 Å². The molecule has 0 N–H and O–H groups in total. The van der Waals surface area contributed by atoms with Crippen LogP contribution in [0.3, 0.4) is 0 Å². The van der Waals surface area contributed by atoms with Crippen molar-refractivity contribution >= 4 is 17.9 Å². The predicted molar refractivity (Wildman–Crippen MR) is 283 cm³/mol. The molecule has 0 spiro atoms. The highest BCUT2D eigenvalue weighted by Gasteiger charge is 2.19. The largest absolute Gasteiger partial charge is 0.462 e. The molecule has 0 heterocycles. The molecule has 0 bridgehead atoms. The van der Waals surface area contributed by atoms with Crippen LogP contribution < -0.4 is 0 Å². The molecule has 0 radical (unpaired) electrons. The van der Waals surface area contributed by atoms with E-state index >= 15 is 0 Å². The average molecular weight is 915 g/mol. The molecule has 0 amide bonds. The lowest BCUT2D eigenvalue weighted by atomic mass is 10.1. The Morgan fingerprint density at radius 1 is 0.318 bits per heavy atom. The summed E-state index contributed by atoms with van der Waals surface area (Å²) >= 11 is 0. The minimum absolute atomic E-state index is 0.0964. The molecule has 0 aliphatic carbocycles. The normalized spacial score (nSPS) is 13.0. The molecular formula is C60H98O6. The van der Waals surface area contributed by atoms with Crippen molar-refractivity contribution in [3.63, 3.8) is 0 Å². The Labute approximate surface area is 406 Å². The maximum atomic E-state index is 12.7. The van der Waals surface area contributed by atoms with Crippen molar-refractivity contribution in [3.05, 3.63) is 109 Å². The van der Waals surface area contributed by atoms with Crippen LogP contribution in [-0.4, -0.2) is 37.2 Å². The lowest BCUT2D eigenvalue weighted by Crippen LogP contribution is -2.30. The predicted octanol–water partition coefficient (Wildman–Crippen LogP) is 17.9. The third-order valence-corrected chi connectivity index (χ3v) is 11.0. The SMILES string of the molecule is CC/C=C\C/C=C\C/C=C\C/C=C\C/C=C\C/C=C\C/C=C\C/C=C\CCCCC(=O)OCC(COC(=O)CCCCCCC/C=C\CCC)OC(=O)CCCCCCCCCCCCC. The van der Waals surface area contributed by atoms with E-state index in [1.54, 1.807) is 0 Å². The molecule has 66 heavy (non-hydrogen) atoms. The standard InChI is InChI=1S/C60H98O6/c1-4-7-10-13-16-19-22-23-24-25-26-27-28-29-30-31-32-33-34-35-36-37-39-41-44-47-50-53-59(62)65-56-57(55-64-58(61)52-49-46-43-40-21-18-15-12-9-6-3)66-60(63)54-51-48-45-42-38-20-17-14-11-8-5-2/h7,10,12,15-16,19,23-24,26-27,29-30,32-33,35-36,39,41,57H,4-6,8-9,11,13-14,17-18,20-22,25,28,31,34,37-38,40,42-56H2,1-3H3/b10-7-,15-12-,19-16-,24-23-,27-26-,30-29-,33-32-,36-35-,41-39-. The maximum absolute atomic E-state index is 12.7. The summed E-state index contributed by atoms with van der Waals surface area (Å²) in [5.74, 6) is -0.957. The van der Waals surface area contributed by atoms with Gasteiger partial charge in [-0.15, -0.1) is 0 Å². The van der Waals surface area contributed by atoms with Crippen molar-refractivity contribution < 1.29 is 28.6 Å². The Hall–Kier alpha value is -3.93. The second-order valence-electron chi connectivity index (χ2n) is 17.4. The van der Waals surface area contributed by atoms with Gasteiger partial charge in [-0.2, -0.15) is 0 Å². The number of ether oxygens (including phenoxy) is 3. The Bertz CT molecular complexity index is 1370. The highest BCUT2D eigenvalue weighted by molar-refractivity contribution is 5.71. The molecule has 0 aromatic carbocycles. The minimum Gasteiger partial charge on any atom is -0.462 e. The van der Waals surface area contributed by atoms with Crippen molar-refractivity contribution in [2.45, 2.75) is 239 Å². The van der Waals surface area contributed by atoms with Crippen molar-refractivity contribution in [2.75, 3.05) is 13.2 Å². The van der Waals surface area contributed by atoms with E-state index in [1.807, 2.05) is 0 Å². The fourth-order valence-corrected chi connectivity index (χ4v) is 6.99. The zero-order chi connectivity index (χ0) is 47.9. The highest BCUT2D eigenvalue weighted by Crippen LogP contribution is 2.14. The first-order chi connectivity index (χ1) is 32.5. The van der Waals surface area contributed by atoms with Crippen LogP contribution in [0, 0.1) is 0 Å². The first-order valence-corrected chi connectivity index (χ1v) is 26.9. The molecule has 6 heteroatoms. The summed E-state index contributed by atoms with van der Waals surface area (Å²) in [6.07, 6.45) is 72.3. The summed E-state index contributed by atoms with van der Waals surface area (Å²) in [5, 5.41) is 0. The molecule has 0 saturated carbocycles. The fourth-order valence-electron chi connectivity index (χ4n) is 6.99. The molecular weight excluding hydrogens is 817 g/mol. The first kappa shape index (κ1) is 62.1. The quantitative estimate of drug-likeness (QED) is 0.0262. The summed E-state index contributed by atoms with van der Waals surface area (Å²) in [7, 11) is 0. The van der Waals surface area contributed by atoms with Crippen LogP contribution >= 0.6 is 0 Å². The number of carbonyl (C=O) groups excluding carboxylic acids is 3. The van der Waals surface area contributed by atoms with Gasteiger partial charge in [0, 0.05) is 19.3 Å². The van der Waals surface area contributed by atoms with Crippen LogP contribution in [0.25, 0.3) is 0 Å². The molecule has 1 unspecified atom stereocenters. The van der Waals surface area contributed by atoms with Gasteiger partial charge in [0.15, 0.2) is 6.10 Å². The molecule has 0 aromatic heterocycles. The number of hydrogen-bond acceptors (Lipinski definition) is 6. The summed E-state index contributed by atoms with van der Waals surface area (Å²) in [5.41, 5.74) is 0. The van der Waals surface area contributed by atoms with Gasteiger partial charge in [0.2, 0.25) is 0 Å². The van der Waals surface area contributed by atoms with E-state index < -0.39 is 6.10 Å². The third kappa shape index (κ3) is 51.1. The van der Waals surface area contributed by atoms with E-state index in [9.17, 15) is 14.4 Å². The Balaban J connectivity index is 4.34. The Morgan fingerprint density at radius 3 is 1.03 bits per heavy atom. The third-order valence-electron chi connectivity index (χ3n) is 11.0. The van der Waals surface area contributed by atoms with Crippen LogP contribution in [0.1, 0.15) is 233 Å². The van der Waals surface area contributed by atoms with Gasteiger partial charge in [-0.3, -0.25) is 14.4 Å². The van der Waals surface area contributed by atoms with Crippen molar-refractivity contribution in [3.8, 4) is 0 Å². The van der Waals surface area contributed by atoms with Gasteiger partial charge in [-0.25, -0.2) is 0 Å². The molecule has 0 rings (SSSR count). The molecule has 6 nitrogen and oxygen atoms in total. The summed E-state index contributed by atoms with van der Waals surface area (Å²) in [6.45, 7) is 6.40. The van der Waals surface area contributed by atoms with Gasteiger partial charge in [0.25, 0.3) is 0 Å². The second-order valence-corrected chi connectivity index (χ2v) is 17.4. The number of esters is 3. The Kier molecular flexibility index (Phi) is 50.5. The number of rotatable bonds is 47. The van der Waals surface area contributed by atoms with Crippen molar-refractivity contribution in [2.24, 2.45) is 0 Å². The van der Waals surface area contributed by atoms with E-state index in [4.69, 9.17) is 14.2 Å². The Morgan fingerprint density at radius 2 is 0.621 bits per heavy atom. The van der Waals surface area contributed by atoms with E-state index in [0.29, 0.717) is 19.3 Å². The maximum Gasteiger partial charge on any atom is 0.306 e. The summed E-state index contributed by atoms with van der Waals surface area (Å²) < 4.78 is 16.7. The van der Waals surface area contributed by atoms with Gasteiger partial charge in [-0.05, 0) is 103 Å². The van der Waals surface area contributed by atoms with Crippen molar-refractivity contribution in [1.82, 2.24) is 0 Å². The van der Waals surface area contributed by atoms with Crippen LogP contribution in [0.4, 0.5) is 0 Å². The summed E-state index contributed by atoms with van der Waals surface area (Å²) in [4.78, 5) is 37.9. The van der Waals surface area contributed by atoms with E-state index in [1.165, 1.54) is 64.2 Å². The van der Waals surface area contributed by atoms with E-state index in [0.717, 1.165) is 128 Å². The van der Waals surface area contributed by atoms with E-state index in [-0.39, 0.29) is 31.1 Å². The second kappa shape index (κ2) is 53.7. The van der Waals surface area contributed by atoms with Crippen molar-refractivity contribution in [1.29, 1.82) is 0 Å². The van der Waals surface area contributed by atoms with E-state index in [2.05, 4.69) is 130 Å². The zero-order valence-corrected chi connectivity index (χ0v) is 42.7. The van der Waals surface area contributed by atoms with Gasteiger partial charge < -0.3 is 14.2 Å². The fraction of sp³-hybridized carbons (Fsp3) is 0.650. The van der Waals surface area contributed by atoms with Crippen LogP contribution in [-0.2, 0) is 28.6 Å². The molecule has 1 atom stereocenters. The minimum atomic E-state index is -0.797. The number of unbranched alkanes of at least 4 members (excludes halogenated alkanes) is 18. The molecule has 0 aliphatic rings. The number of allylic oxidation sites excluding steroid dienone is 18. The molecule has 0 saturated heterocycles.